The largest absolute Gasteiger partial charge is 0.381 e. The molecule has 0 aliphatic carbocycles. The fraction of sp³-hybridized carbons (Fsp3) is 0.833. The van der Waals surface area contributed by atoms with Crippen molar-refractivity contribution in [3.63, 3.8) is 0 Å². The van der Waals surface area contributed by atoms with E-state index in [0.29, 0.717) is 12.0 Å². The van der Waals surface area contributed by atoms with Crippen molar-refractivity contribution in [1.29, 1.82) is 0 Å². The minimum atomic E-state index is 0.481. The molecule has 24 heavy (non-hydrogen) atoms. The normalized spacial score (nSPS) is 23.9. The van der Waals surface area contributed by atoms with Crippen LogP contribution >= 0.6 is 0 Å². The highest BCUT2D eigenvalue weighted by molar-refractivity contribution is 5.79. The molecule has 0 bridgehead atoms. The van der Waals surface area contributed by atoms with E-state index in [-0.39, 0.29) is 0 Å². The van der Waals surface area contributed by atoms with Crippen molar-refractivity contribution in [2.45, 2.75) is 25.3 Å². The molecule has 6 heteroatoms. The number of morpholine rings is 1. The molecular formula is C18H34N4O2. The van der Waals surface area contributed by atoms with Gasteiger partial charge < -0.3 is 19.7 Å². The molecule has 6 nitrogen and oxygen atoms in total. The minimum absolute atomic E-state index is 0.481. The highest BCUT2D eigenvalue weighted by Crippen LogP contribution is 2.21. The van der Waals surface area contributed by atoms with Crippen LogP contribution in [0, 0.1) is 5.92 Å². The van der Waals surface area contributed by atoms with Gasteiger partial charge in [-0.05, 0) is 19.3 Å². The molecule has 0 amide bonds. The van der Waals surface area contributed by atoms with Gasteiger partial charge >= 0.3 is 0 Å². The lowest BCUT2D eigenvalue weighted by Crippen LogP contribution is -2.53. The van der Waals surface area contributed by atoms with Gasteiger partial charge in [0.2, 0.25) is 0 Å². The summed E-state index contributed by atoms with van der Waals surface area (Å²) in [5.41, 5.74) is 0. The Kier molecular flexibility index (Phi) is 8.56. The molecule has 2 aliphatic heterocycles. The summed E-state index contributed by atoms with van der Waals surface area (Å²) in [5.74, 6) is 1.57. The summed E-state index contributed by atoms with van der Waals surface area (Å²) < 4.78 is 11.2. The lowest BCUT2D eigenvalue weighted by Gasteiger charge is -2.38. The second-order valence-corrected chi connectivity index (χ2v) is 6.62. The molecule has 2 unspecified atom stereocenters. The second kappa shape index (κ2) is 10.7. The van der Waals surface area contributed by atoms with Crippen LogP contribution in [-0.2, 0) is 9.47 Å². The predicted molar refractivity (Wildman–Crippen MR) is 98.5 cm³/mol. The number of hydrogen-bond acceptors (Lipinski definition) is 4. The number of rotatable bonds is 8. The maximum atomic E-state index is 5.64. The SMILES string of the molecule is C=CCCCN(C)C(=NC)NCC(C1CCOC1)N1CCOCC1. The standard InChI is InChI=1S/C18H34N4O2/c1-4-5-6-8-21(3)18(19-2)20-14-17(16-7-11-24-15-16)22-9-12-23-13-10-22/h4,16-17H,1,5-15H2,2-3H3,(H,19,20). The lowest BCUT2D eigenvalue weighted by atomic mass is 9.97. The first-order valence-electron chi connectivity index (χ1n) is 9.18. The summed E-state index contributed by atoms with van der Waals surface area (Å²) >= 11 is 0. The van der Waals surface area contributed by atoms with Crippen molar-refractivity contribution in [2.75, 3.05) is 66.7 Å². The number of guanidine groups is 1. The first kappa shape index (κ1) is 19.2. The van der Waals surface area contributed by atoms with Gasteiger partial charge in [-0.2, -0.15) is 0 Å². The van der Waals surface area contributed by atoms with E-state index in [1.54, 1.807) is 0 Å². The Bertz CT molecular complexity index is 390. The summed E-state index contributed by atoms with van der Waals surface area (Å²) in [4.78, 5) is 9.20. The minimum Gasteiger partial charge on any atom is -0.381 e. The quantitative estimate of drug-likeness (QED) is 0.312. The van der Waals surface area contributed by atoms with Gasteiger partial charge in [0.25, 0.3) is 0 Å². The summed E-state index contributed by atoms with van der Waals surface area (Å²) in [6, 6.07) is 0.481. The zero-order valence-corrected chi connectivity index (χ0v) is 15.4. The average Bonchev–Trinajstić information content (AvgIpc) is 3.14. The highest BCUT2D eigenvalue weighted by Gasteiger charge is 2.31. The summed E-state index contributed by atoms with van der Waals surface area (Å²) in [6.45, 7) is 11.1. The monoisotopic (exact) mass is 338 g/mol. The molecule has 2 heterocycles. The number of ether oxygens (including phenoxy) is 2. The summed E-state index contributed by atoms with van der Waals surface area (Å²) in [6.07, 6.45) is 5.26. The van der Waals surface area contributed by atoms with Crippen molar-refractivity contribution >= 4 is 5.96 Å². The van der Waals surface area contributed by atoms with Gasteiger partial charge in [0, 0.05) is 58.8 Å². The summed E-state index contributed by atoms with van der Waals surface area (Å²) in [7, 11) is 3.95. The third-order valence-electron chi connectivity index (χ3n) is 4.97. The maximum absolute atomic E-state index is 5.64. The van der Waals surface area contributed by atoms with Gasteiger partial charge in [0.1, 0.15) is 0 Å². The van der Waals surface area contributed by atoms with E-state index in [1.807, 2.05) is 13.1 Å². The van der Waals surface area contributed by atoms with Gasteiger partial charge in [-0.15, -0.1) is 6.58 Å². The van der Waals surface area contributed by atoms with Gasteiger partial charge in [0.05, 0.1) is 19.8 Å². The topological polar surface area (TPSA) is 49.3 Å². The predicted octanol–water partition coefficient (Wildman–Crippen LogP) is 1.20. The van der Waals surface area contributed by atoms with E-state index in [2.05, 4.69) is 33.7 Å². The van der Waals surface area contributed by atoms with Gasteiger partial charge in [0.15, 0.2) is 5.96 Å². The molecule has 0 aromatic carbocycles. The molecule has 2 atom stereocenters. The first-order chi connectivity index (χ1) is 11.8. The van der Waals surface area contributed by atoms with Crippen LogP contribution < -0.4 is 5.32 Å². The van der Waals surface area contributed by atoms with E-state index in [4.69, 9.17) is 9.47 Å². The zero-order chi connectivity index (χ0) is 17.2. The van der Waals surface area contributed by atoms with Crippen LogP contribution in [0.25, 0.3) is 0 Å². The van der Waals surface area contributed by atoms with Gasteiger partial charge in [-0.1, -0.05) is 6.08 Å². The van der Waals surface area contributed by atoms with E-state index in [0.717, 1.165) is 77.8 Å². The van der Waals surface area contributed by atoms with Crippen LogP contribution in [0.2, 0.25) is 0 Å². The van der Waals surface area contributed by atoms with Crippen molar-refractivity contribution in [1.82, 2.24) is 15.1 Å². The number of nitrogens with one attached hydrogen (secondary N) is 1. The third-order valence-corrected chi connectivity index (χ3v) is 4.97. The number of nitrogens with zero attached hydrogens (tertiary/aromatic N) is 3. The number of aliphatic imine (C=N–C) groups is 1. The molecule has 2 fully saturated rings. The van der Waals surface area contributed by atoms with E-state index in [9.17, 15) is 0 Å². The fourth-order valence-corrected chi connectivity index (χ4v) is 3.52. The average molecular weight is 338 g/mol. The maximum Gasteiger partial charge on any atom is 0.193 e. The Morgan fingerprint density at radius 2 is 2.17 bits per heavy atom. The van der Waals surface area contributed by atoms with Crippen LogP contribution in [-0.4, -0.2) is 88.5 Å². The molecule has 2 saturated heterocycles. The van der Waals surface area contributed by atoms with E-state index in [1.165, 1.54) is 0 Å². The van der Waals surface area contributed by atoms with Gasteiger partial charge in [-0.25, -0.2) is 0 Å². The van der Waals surface area contributed by atoms with Crippen LogP contribution in [0.3, 0.4) is 0 Å². The number of hydrogen-bond donors (Lipinski definition) is 1. The zero-order valence-electron chi connectivity index (χ0n) is 15.4. The summed E-state index contributed by atoms with van der Waals surface area (Å²) in [5, 5.41) is 3.58. The lowest BCUT2D eigenvalue weighted by molar-refractivity contribution is 0.00236. The van der Waals surface area contributed by atoms with Crippen LogP contribution in [0.15, 0.2) is 17.6 Å². The molecule has 0 spiro atoms. The van der Waals surface area contributed by atoms with Crippen molar-refractivity contribution in [3.05, 3.63) is 12.7 Å². The Hall–Kier alpha value is -1.11. The molecule has 2 rings (SSSR count). The smallest absolute Gasteiger partial charge is 0.193 e. The molecule has 138 valence electrons. The molecule has 1 N–H and O–H groups in total. The first-order valence-corrected chi connectivity index (χ1v) is 9.18. The second-order valence-electron chi connectivity index (χ2n) is 6.62. The fourth-order valence-electron chi connectivity index (χ4n) is 3.52. The van der Waals surface area contributed by atoms with Crippen molar-refractivity contribution in [3.8, 4) is 0 Å². The highest BCUT2D eigenvalue weighted by atomic mass is 16.5. The van der Waals surface area contributed by atoms with E-state index < -0.39 is 0 Å². The Labute approximate surface area is 146 Å². The Balaban J connectivity index is 1.88. The van der Waals surface area contributed by atoms with Crippen LogP contribution in [0.1, 0.15) is 19.3 Å². The third kappa shape index (κ3) is 5.76. The molecule has 2 aliphatic rings. The van der Waals surface area contributed by atoms with Crippen LogP contribution in [0.5, 0.6) is 0 Å². The Morgan fingerprint density at radius 3 is 2.79 bits per heavy atom. The van der Waals surface area contributed by atoms with Gasteiger partial charge in [-0.3, -0.25) is 9.89 Å². The molecule has 0 aromatic rings. The molecule has 0 aromatic heterocycles. The molecule has 0 radical (unpaired) electrons. The molecular weight excluding hydrogens is 304 g/mol. The molecule has 0 saturated carbocycles. The van der Waals surface area contributed by atoms with E-state index >= 15 is 0 Å². The Morgan fingerprint density at radius 1 is 1.38 bits per heavy atom. The van der Waals surface area contributed by atoms with Crippen molar-refractivity contribution in [2.24, 2.45) is 10.9 Å². The van der Waals surface area contributed by atoms with Crippen LogP contribution in [0.4, 0.5) is 0 Å². The number of unbranched alkanes of at least 4 members (excludes halogenated alkanes) is 1. The number of allylic oxidation sites excluding steroid dienone is 1. The van der Waals surface area contributed by atoms with Crippen molar-refractivity contribution < 1.29 is 9.47 Å².